The molecule has 0 saturated heterocycles. The summed E-state index contributed by atoms with van der Waals surface area (Å²) in [6.45, 7) is 0. The molecular formula is C9H10ClNO2. The first kappa shape index (κ1) is 11.6. The van der Waals surface area contributed by atoms with Crippen molar-refractivity contribution in [2.24, 2.45) is 0 Å². The highest BCUT2D eigenvalue weighted by Crippen LogP contribution is 2.01. The molecule has 0 aromatic heterocycles. The first-order valence-corrected chi connectivity index (χ1v) is 3.50. The predicted octanol–water partition coefficient (Wildman–Crippen LogP) is -3.34. The monoisotopic (exact) mass is 199 g/mol. The minimum Gasteiger partial charge on any atom is -1.00 e. The summed E-state index contributed by atoms with van der Waals surface area (Å²) in [5, 5.41) is 5.49. The average Bonchev–Trinajstić information content (AvgIpc) is 2.17. The fraction of sp³-hybridized carbons (Fsp3) is 0.111. The summed E-state index contributed by atoms with van der Waals surface area (Å²) in [7, 11) is 1.50. The number of carbonyl (C=O) groups excluding carboxylic acids is 1. The van der Waals surface area contributed by atoms with Gasteiger partial charge in [0.25, 0.3) is 0 Å². The van der Waals surface area contributed by atoms with Gasteiger partial charge < -0.3 is 17.1 Å². The molecule has 0 heterocycles. The summed E-state index contributed by atoms with van der Waals surface area (Å²) in [5.74, 6) is 0.354. The fourth-order valence-electron chi connectivity index (χ4n) is 0.844. The van der Waals surface area contributed by atoms with Crippen LogP contribution in [0.2, 0.25) is 0 Å². The Labute approximate surface area is 82.6 Å². The molecule has 0 saturated carbocycles. The van der Waals surface area contributed by atoms with Gasteiger partial charge in [-0.2, -0.15) is 0 Å². The minimum absolute atomic E-state index is 0. The van der Waals surface area contributed by atoms with Crippen molar-refractivity contribution in [3.63, 3.8) is 0 Å². The molecule has 4 heteroatoms. The first-order chi connectivity index (χ1) is 5.77. The Morgan fingerprint density at radius 1 is 1.38 bits per heavy atom. The number of methoxy groups -OCH3 is 1. The zero-order valence-electron chi connectivity index (χ0n) is 7.16. The molecule has 0 radical (unpaired) electrons. The van der Waals surface area contributed by atoms with Gasteiger partial charge in [-0.15, -0.1) is 0 Å². The maximum absolute atomic E-state index is 10.3. The van der Waals surface area contributed by atoms with Crippen LogP contribution >= 0.6 is 0 Å². The Bertz CT molecular complexity index is 295. The quantitative estimate of drug-likeness (QED) is 0.308. The summed E-state index contributed by atoms with van der Waals surface area (Å²) < 4.78 is 4.82. The third-order valence-corrected chi connectivity index (χ3v) is 1.55. The van der Waals surface area contributed by atoms with Gasteiger partial charge in [-0.3, -0.25) is 4.79 Å². The topological polar surface area (TPSA) is 51.9 Å². The van der Waals surface area contributed by atoms with Crippen molar-refractivity contribution in [3.8, 4) is 0 Å². The summed E-state index contributed by atoms with van der Waals surface area (Å²) >= 11 is 0. The third kappa shape index (κ3) is 2.87. The number of hydrogen-bond donors (Lipinski definition) is 1. The van der Waals surface area contributed by atoms with Crippen LogP contribution < -0.4 is 17.8 Å². The number of hydrogen-bond acceptors (Lipinski definition) is 2. The van der Waals surface area contributed by atoms with E-state index in [4.69, 9.17) is 10.1 Å². The van der Waals surface area contributed by atoms with Crippen LogP contribution in [0.3, 0.4) is 0 Å². The van der Waals surface area contributed by atoms with E-state index < -0.39 is 0 Å². The van der Waals surface area contributed by atoms with Crippen LogP contribution in [-0.4, -0.2) is 19.3 Å². The molecule has 0 spiro atoms. The molecule has 0 aliphatic heterocycles. The van der Waals surface area contributed by atoms with Crippen molar-refractivity contribution in [2.45, 2.75) is 0 Å². The molecule has 0 unspecified atom stereocenters. The fourth-order valence-corrected chi connectivity index (χ4v) is 0.844. The van der Waals surface area contributed by atoms with Crippen molar-refractivity contribution in [3.05, 3.63) is 35.4 Å². The zero-order chi connectivity index (χ0) is 8.97. The highest BCUT2D eigenvalue weighted by molar-refractivity contribution is 5.90. The number of ether oxygens (including phenoxy) is 1. The summed E-state index contributed by atoms with van der Waals surface area (Å²) in [5.41, 5.74) is 1.41. The van der Waals surface area contributed by atoms with Crippen molar-refractivity contribution < 1.29 is 27.3 Å². The van der Waals surface area contributed by atoms with Crippen LogP contribution in [0.1, 0.15) is 15.9 Å². The zero-order valence-corrected chi connectivity index (χ0v) is 7.91. The molecule has 70 valence electrons. The average molecular weight is 200 g/mol. The van der Waals surface area contributed by atoms with Gasteiger partial charge in [-0.1, -0.05) is 12.1 Å². The van der Waals surface area contributed by atoms with E-state index in [1.54, 1.807) is 24.3 Å². The van der Waals surface area contributed by atoms with Gasteiger partial charge in [0.2, 0.25) is 0 Å². The molecule has 0 bridgehead atoms. The molecule has 1 aromatic rings. The molecule has 0 fully saturated rings. The molecule has 0 amide bonds. The molecule has 0 atom stereocenters. The molecule has 0 aliphatic rings. The summed E-state index contributed by atoms with van der Waals surface area (Å²) in [6, 6.07) is 6.85. The Hall–Kier alpha value is -1.35. The summed E-state index contributed by atoms with van der Waals surface area (Å²) in [4.78, 5) is 10.3. The largest absolute Gasteiger partial charge is 1.00 e. The maximum Gasteiger partial charge on any atom is 0.366 e. The Morgan fingerprint density at radius 2 is 1.92 bits per heavy atom. The van der Waals surface area contributed by atoms with Crippen LogP contribution in [0.15, 0.2) is 24.3 Å². The van der Waals surface area contributed by atoms with E-state index in [1.807, 2.05) is 0 Å². The Kier molecular flexibility index (Phi) is 4.77. The van der Waals surface area contributed by atoms with Crippen LogP contribution in [0, 0.1) is 0 Å². The lowest BCUT2D eigenvalue weighted by Crippen LogP contribution is -3.00. The first-order valence-electron chi connectivity index (χ1n) is 3.50. The second-order valence-electron chi connectivity index (χ2n) is 2.31. The molecular weight excluding hydrogens is 190 g/mol. The number of benzene rings is 1. The third-order valence-electron chi connectivity index (χ3n) is 1.55. The number of rotatable bonds is 2. The lowest BCUT2D eigenvalue weighted by Gasteiger charge is -1.96. The van der Waals surface area contributed by atoms with E-state index in [-0.39, 0.29) is 12.4 Å². The smallest absolute Gasteiger partial charge is 0.366 e. The molecule has 2 N–H and O–H groups in total. The van der Waals surface area contributed by atoms with E-state index in [9.17, 15) is 4.79 Å². The predicted molar refractivity (Wildman–Crippen MR) is 44.9 cm³/mol. The Balaban J connectivity index is 0.00000144. The van der Waals surface area contributed by atoms with Gasteiger partial charge in [0, 0.05) is 5.56 Å². The van der Waals surface area contributed by atoms with Gasteiger partial charge in [-0.25, -0.2) is 5.41 Å². The van der Waals surface area contributed by atoms with Crippen molar-refractivity contribution >= 4 is 12.2 Å². The summed E-state index contributed by atoms with van der Waals surface area (Å²) in [6.07, 6.45) is 0.784. The minimum atomic E-state index is 0. The van der Waals surface area contributed by atoms with Crippen LogP contribution in [0.5, 0.6) is 0 Å². The number of carbonyl (C=O) groups is 1. The second kappa shape index (κ2) is 5.32. The SMILES string of the molecule is COC(=[NH2+])c1ccc(C=O)cc1.[Cl-]. The molecule has 3 nitrogen and oxygen atoms in total. The van der Waals surface area contributed by atoms with Crippen LogP contribution in [0.4, 0.5) is 0 Å². The van der Waals surface area contributed by atoms with E-state index in [0.29, 0.717) is 11.5 Å². The van der Waals surface area contributed by atoms with Crippen molar-refractivity contribution in [1.29, 1.82) is 0 Å². The van der Waals surface area contributed by atoms with Crippen LogP contribution in [0.25, 0.3) is 0 Å². The van der Waals surface area contributed by atoms with E-state index >= 15 is 0 Å². The maximum atomic E-state index is 10.3. The van der Waals surface area contributed by atoms with Gasteiger partial charge in [0.15, 0.2) is 0 Å². The highest BCUT2D eigenvalue weighted by atomic mass is 35.5. The molecule has 13 heavy (non-hydrogen) atoms. The number of nitrogens with two attached hydrogens (primary N) is 1. The number of halogens is 1. The van der Waals surface area contributed by atoms with E-state index in [1.165, 1.54) is 7.11 Å². The lowest BCUT2D eigenvalue weighted by molar-refractivity contribution is -0.135. The standard InChI is InChI=1S/C9H9NO2.ClH/c1-12-9(10)8-4-2-7(6-11)3-5-8;/h2-6,10H,1H3;1H. The van der Waals surface area contributed by atoms with E-state index in [2.05, 4.69) is 0 Å². The van der Waals surface area contributed by atoms with Crippen molar-refractivity contribution in [1.82, 2.24) is 0 Å². The normalized spacial score (nSPS) is 8.38. The van der Waals surface area contributed by atoms with Crippen molar-refractivity contribution in [2.75, 3.05) is 7.11 Å². The Morgan fingerprint density at radius 3 is 2.31 bits per heavy atom. The van der Waals surface area contributed by atoms with Gasteiger partial charge in [-0.05, 0) is 12.1 Å². The van der Waals surface area contributed by atoms with Gasteiger partial charge in [0.1, 0.15) is 6.29 Å². The molecule has 1 rings (SSSR count). The number of aldehydes is 1. The second-order valence-corrected chi connectivity index (χ2v) is 2.31. The van der Waals surface area contributed by atoms with Gasteiger partial charge >= 0.3 is 5.90 Å². The molecule has 1 aromatic carbocycles. The van der Waals surface area contributed by atoms with Gasteiger partial charge in [0.05, 0.1) is 12.7 Å². The molecule has 0 aliphatic carbocycles. The highest BCUT2D eigenvalue weighted by Gasteiger charge is 2.04. The van der Waals surface area contributed by atoms with E-state index in [0.717, 1.165) is 11.8 Å². The lowest BCUT2D eigenvalue weighted by atomic mass is 10.1. The van der Waals surface area contributed by atoms with Crippen LogP contribution in [-0.2, 0) is 4.74 Å².